The molecular weight excluding hydrogens is 494 g/mol. The second-order valence-corrected chi connectivity index (χ2v) is 11.2. The van der Waals surface area contributed by atoms with Crippen LogP contribution in [0.1, 0.15) is 59.2 Å². The van der Waals surface area contributed by atoms with Crippen molar-refractivity contribution in [3.63, 3.8) is 0 Å². The molecule has 0 N–H and O–H groups in total. The average molecular weight is 526 g/mol. The van der Waals surface area contributed by atoms with Crippen LogP contribution in [0.2, 0.25) is 0 Å². The lowest BCUT2D eigenvalue weighted by Crippen LogP contribution is -2.36. The van der Waals surface area contributed by atoms with Crippen molar-refractivity contribution in [1.82, 2.24) is 24.8 Å². The van der Waals surface area contributed by atoms with E-state index >= 15 is 0 Å². The molecule has 1 aliphatic heterocycles. The lowest BCUT2D eigenvalue weighted by molar-refractivity contribution is 0.0731. The minimum Gasteiger partial charge on any atom is -0.332 e. The molecule has 198 valence electrons. The molecule has 6 rings (SSSR count). The maximum atomic E-state index is 13.4. The smallest absolute Gasteiger partial charge is 0.254 e. The highest BCUT2D eigenvalue weighted by Crippen LogP contribution is 2.24. The number of carbonyl (C=O) groups excluding carboxylic acids is 1. The summed E-state index contributed by atoms with van der Waals surface area (Å²) in [5, 5.41) is 1.05. The first kappa shape index (κ1) is 25.6. The zero-order chi connectivity index (χ0) is 27.7. The molecule has 0 unspecified atom stereocenters. The van der Waals surface area contributed by atoms with E-state index < -0.39 is 0 Å². The van der Waals surface area contributed by atoms with Gasteiger partial charge in [-0.05, 0) is 53.4 Å². The van der Waals surface area contributed by atoms with Crippen LogP contribution in [-0.2, 0) is 18.4 Å². The lowest BCUT2D eigenvalue weighted by atomic mass is 9.91. The van der Waals surface area contributed by atoms with Gasteiger partial charge in [0.1, 0.15) is 0 Å². The molecule has 2 aromatic carbocycles. The van der Waals surface area contributed by atoms with Crippen LogP contribution in [-0.4, -0.2) is 37.3 Å². The molecule has 0 saturated heterocycles. The van der Waals surface area contributed by atoms with Gasteiger partial charge in [0.15, 0.2) is 5.82 Å². The SMILES string of the molecule is CC(C)(C)c1ccc(/C=C/c2ccc(C(=O)N3CCc4cnc(-c5cnc6ccccc6c5)nc4C3)cc2)cn1. The molecule has 6 heteroatoms. The maximum absolute atomic E-state index is 13.4. The highest BCUT2D eigenvalue weighted by molar-refractivity contribution is 5.94. The molecule has 0 aliphatic carbocycles. The highest BCUT2D eigenvalue weighted by atomic mass is 16.2. The molecular formula is C34H31N5O. The third-order valence-corrected chi connectivity index (χ3v) is 7.26. The molecule has 0 bridgehead atoms. The summed E-state index contributed by atoms with van der Waals surface area (Å²) in [6.07, 6.45) is 10.4. The number of rotatable bonds is 4. The van der Waals surface area contributed by atoms with E-state index in [0.717, 1.165) is 51.0 Å². The van der Waals surface area contributed by atoms with Gasteiger partial charge in [-0.1, -0.05) is 69.3 Å². The number of hydrogen-bond donors (Lipinski definition) is 0. The average Bonchev–Trinajstić information content (AvgIpc) is 2.99. The monoisotopic (exact) mass is 525 g/mol. The molecule has 0 radical (unpaired) electrons. The van der Waals surface area contributed by atoms with Crippen LogP contribution in [0.15, 0.2) is 85.3 Å². The summed E-state index contributed by atoms with van der Waals surface area (Å²) in [5.41, 5.74) is 7.64. The van der Waals surface area contributed by atoms with Crippen LogP contribution in [0.25, 0.3) is 34.4 Å². The first-order valence-electron chi connectivity index (χ1n) is 13.6. The van der Waals surface area contributed by atoms with Crippen molar-refractivity contribution in [1.29, 1.82) is 0 Å². The minimum atomic E-state index is 0.00989. The van der Waals surface area contributed by atoms with Crippen molar-refractivity contribution in [2.45, 2.75) is 39.2 Å². The van der Waals surface area contributed by atoms with E-state index in [2.05, 4.69) is 53.9 Å². The first-order chi connectivity index (χ1) is 19.3. The quantitative estimate of drug-likeness (QED) is 0.259. The molecule has 3 aromatic heterocycles. The van der Waals surface area contributed by atoms with Crippen molar-refractivity contribution >= 4 is 29.0 Å². The van der Waals surface area contributed by atoms with Crippen molar-refractivity contribution in [3.8, 4) is 11.4 Å². The van der Waals surface area contributed by atoms with E-state index in [1.54, 1.807) is 0 Å². The molecule has 0 saturated carbocycles. The van der Waals surface area contributed by atoms with Crippen molar-refractivity contribution in [3.05, 3.63) is 119 Å². The summed E-state index contributed by atoms with van der Waals surface area (Å²) >= 11 is 0. The number of carbonyl (C=O) groups is 1. The van der Waals surface area contributed by atoms with Gasteiger partial charge < -0.3 is 4.90 Å². The summed E-state index contributed by atoms with van der Waals surface area (Å²) in [7, 11) is 0. The molecule has 40 heavy (non-hydrogen) atoms. The summed E-state index contributed by atoms with van der Waals surface area (Å²) in [6, 6.07) is 22.0. The summed E-state index contributed by atoms with van der Waals surface area (Å²) in [6.45, 7) is 7.58. The van der Waals surface area contributed by atoms with Crippen molar-refractivity contribution < 1.29 is 4.79 Å². The molecule has 1 amide bonds. The van der Waals surface area contributed by atoms with E-state index in [1.807, 2.05) is 84.2 Å². The third-order valence-electron chi connectivity index (χ3n) is 7.26. The van der Waals surface area contributed by atoms with Crippen molar-refractivity contribution in [2.24, 2.45) is 0 Å². The van der Waals surface area contributed by atoms with Gasteiger partial charge in [-0.15, -0.1) is 0 Å². The predicted octanol–water partition coefficient (Wildman–Crippen LogP) is 6.75. The molecule has 0 atom stereocenters. The number of para-hydroxylation sites is 1. The number of amides is 1. The Morgan fingerprint density at radius 2 is 1.62 bits per heavy atom. The minimum absolute atomic E-state index is 0.00989. The predicted molar refractivity (Wildman–Crippen MR) is 160 cm³/mol. The van der Waals surface area contributed by atoms with Gasteiger partial charge >= 0.3 is 0 Å². The lowest BCUT2D eigenvalue weighted by Gasteiger charge is -2.28. The normalized spacial score (nSPS) is 13.5. The molecule has 1 aliphatic rings. The maximum Gasteiger partial charge on any atom is 0.254 e. The number of pyridine rings is 2. The molecule has 6 nitrogen and oxygen atoms in total. The summed E-state index contributed by atoms with van der Waals surface area (Å²) in [4.78, 5) is 33.8. The zero-order valence-corrected chi connectivity index (χ0v) is 23.0. The molecule has 0 spiro atoms. The van der Waals surface area contributed by atoms with Gasteiger partial charge in [-0.25, -0.2) is 9.97 Å². The Labute approximate surface area is 234 Å². The van der Waals surface area contributed by atoms with E-state index in [0.29, 0.717) is 24.5 Å². The fourth-order valence-corrected chi connectivity index (χ4v) is 4.87. The third kappa shape index (κ3) is 5.38. The highest BCUT2D eigenvalue weighted by Gasteiger charge is 2.24. The Balaban J connectivity index is 1.14. The Bertz CT molecular complexity index is 1720. The van der Waals surface area contributed by atoms with E-state index in [1.165, 1.54) is 0 Å². The van der Waals surface area contributed by atoms with Gasteiger partial charge in [-0.2, -0.15) is 0 Å². The van der Waals surface area contributed by atoms with Crippen LogP contribution >= 0.6 is 0 Å². The Hall–Kier alpha value is -4.71. The topological polar surface area (TPSA) is 71.9 Å². The van der Waals surface area contributed by atoms with Gasteiger partial charge in [-0.3, -0.25) is 14.8 Å². The number of benzene rings is 2. The standard InChI is InChI=1S/C34H31N5O/c1-34(2,3)31-15-12-24(19-36-31)9-8-23-10-13-25(14-11-23)33(40)39-17-16-27-20-37-32(38-30(27)22-39)28-18-26-6-4-5-7-29(26)35-21-28/h4-15,18-21H,16-17,22H2,1-3H3/b9-8+. The van der Waals surface area contributed by atoms with Gasteiger partial charge in [0.2, 0.25) is 0 Å². The Morgan fingerprint density at radius 3 is 2.40 bits per heavy atom. The zero-order valence-electron chi connectivity index (χ0n) is 23.0. The first-order valence-corrected chi connectivity index (χ1v) is 13.6. The van der Waals surface area contributed by atoms with Crippen LogP contribution in [0.5, 0.6) is 0 Å². The molecule has 0 fully saturated rings. The number of hydrogen-bond acceptors (Lipinski definition) is 5. The summed E-state index contributed by atoms with van der Waals surface area (Å²) in [5.74, 6) is 0.640. The fourth-order valence-electron chi connectivity index (χ4n) is 4.87. The van der Waals surface area contributed by atoms with Gasteiger partial charge in [0.05, 0.1) is 17.8 Å². The second kappa shape index (κ2) is 10.5. The van der Waals surface area contributed by atoms with E-state index in [-0.39, 0.29) is 11.3 Å². The van der Waals surface area contributed by atoms with Crippen LogP contribution in [0, 0.1) is 0 Å². The largest absolute Gasteiger partial charge is 0.332 e. The molecule has 4 heterocycles. The molecule has 5 aromatic rings. The van der Waals surface area contributed by atoms with Gasteiger partial charge in [0, 0.05) is 52.8 Å². The van der Waals surface area contributed by atoms with E-state index in [9.17, 15) is 4.79 Å². The van der Waals surface area contributed by atoms with Crippen LogP contribution < -0.4 is 0 Å². The number of fused-ring (bicyclic) bond motifs is 2. The number of nitrogens with zero attached hydrogens (tertiary/aromatic N) is 5. The van der Waals surface area contributed by atoms with Gasteiger partial charge in [0.25, 0.3) is 5.91 Å². The van der Waals surface area contributed by atoms with Crippen LogP contribution in [0.4, 0.5) is 0 Å². The van der Waals surface area contributed by atoms with Crippen LogP contribution in [0.3, 0.4) is 0 Å². The second-order valence-electron chi connectivity index (χ2n) is 11.2. The fraction of sp³-hybridized carbons (Fsp3) is 0.206. The van der Waals surface area contributed by atoms with Crippen molar-refractivity contribution in [2.75, 3.05) is 6.54 Å². The number of aromatic nitrogens is 4. The van der Waals surface area contributed by atoms with E-state index in [4.69, 9.17) is 4.98 Å². The Morgan fingerprint density at radius 1 is 0.850 bits per heavy atom. The Kier molecular flexibility index (Phi) is 6.68. The summed E-state index contributed by atoms with van der Waals surface area (Å²) < 4.78 is 0.